The van der Waals surface area contributed by atoms with Crippen LogP contribution in [0, 0.1) is 5.82 Å². The number of aryl methyl sites for hydroxylation is 1. The van der Waals surface area contributed by atoms with Crippen LogP contribution in [0.2, 0.25) is 0 Å². The quantitative estimate of drug-likeness (QED) is 0.525. The number of carbonyl (C=O) groups is 1. The molecular weight excluding hydrogens is 373 g/mol. The number of nitrogens with one attached hydrogen (secondary N) is 2. The van der Waals surface area contributed by atoms with Gasteiger partial charge in [-0.25, -0.2) is 9.37 Å². The van der Waals surface area contributed by atoms with Gasteiger partial charge in [-0.3, -0.25) is 9.48 Å². The van der Waals surface area contributed by atoms with Crippen LogP contribution in [-0.2, 0) is 7.05 Å². The molecule has 4 rings (SSSR count). The van der Waals surface area contributed by atoms with Crippen LogP contribution in [0.25, 0.3) is 10.9 Å². The fourth-order valence-electron chi connectivity index (χ4n) is 3.80. The van der Waals surface area contributed by atoms with E-state index in [4.69, 9.17) is 11.5 Å². The average molecular weight is 397 g/mol. The van der Waals surface area contributed by atoms with Gasteiger partial charge >= 0.3 is 0 Å². The molecule has 8 nitrogen and oxygen atoms in total. The van der Waals surface area contributed by atoms with E-state index in [-0.39, 0.29) is 29.3 Å². The molecule has 2 aromatic heterocycles. The maximum Gasteiger partial charge on any atom is 0.252 e. The molecule has 3 aromatic rings. The predicted molar refractivity (Wildman–Crippen MR) is 111 cm³/mol. The summed E-state index contributed by atoms with van der Waals surface area (Å²) in [4.78, 5) is 16.3. The Morgan fingerprint density at radius 3 is 2.83 bits per heavy atom. The molecule has 1 amide bonds. The van der Waals surface area contributed by atoms with Crippen molar-refractivity contribution in [2.75, 3.05) is 10.6 Å². The van der Waals surface area contributed by atoms with Gasteiger partial charge in [0.1, 0.15) is 5.82 Å². The molecule has 0 radical (unpaired) electrons. The number of rotatable bonds is 5. The molecule has 1 aromatic carbocycles. The van der Waals surface area contributed by atoms with Gasteiger partial charge in [-0.15, -0.1) is 0 Å². The summed E-state index contributed by atoms with van der Waals surface area (Å²) in [6, 6.07) is 6.60. The number of pyridine rings is 1. The lowest BCUT2D eigenvalue weighted by Gasteiger charge is -2.30. The maximum absolute atomic E-state index is 14.7. The van der Waals surface area contributed by atoms with Crippen molar-refractivity contribution in [1.29, 1.82) is 0 Å². The number of halogens is 1. The van der Waals surface area contributed by atoms with Gasteiger partial charge in [-0.2, -0.15) is 5.10 Å². The summed E-state index contributed by atoms with van der Waals surface area (Å²) in [6.07, 6.45) is 5.54. The number of nitrogens with two attached hydrogens (primary N) is 2. The summed E-state index contributed by atoms with van der Waals surface area (Å²) in [5, 5.41) is 11.3. The van der Waals surface area contributed by atoms with Crippen LogP contribution in [0.3, 0.4) is 0 Å². The SMILES string of the molecule is Cn1ncc2c(Nc3nc(NC4CCCCC4N)c(F)cc3C(N)=O)cccc21. The first-order valence-corrected chi connectivity index (χ1v) is 9.64. The van der Waals surface area contributed by atoms with Crippen molar-refractivity contribution in [3.8, 4) is 0 Å². The molecule has 1 saturated carbocycles. The van der Waals surface area contributed by atoms with Gasteiger partial charge in [0.15, 0.2) is 11.6 Å². The lowest BCUT2D eigenvalue weighted by Crippen LogP contribution is -2.43. The molecule has 1 aliphatic carbocycles. The molecule has 0 aliphatic heterocycles. The van der Waals surface area contributed by atoms with E-state index in [0.717, 1.165) is 42.7 Å². The maximum atomic E-state index is 14.7. The third-order valence-corrected chi connectivity index (χ3v) is 5.43. The van der Waals surface area contributed by atoms with Gasteiger partial charge < -0.3 is 22.1 Å². The minimum Gasteiger partial charge on any atom is -0.365 e. The number of nitrogens with zero attached hydrogens (tertiary/aromatic N) is 3. The summed E-state index contributed by atoms with van der Waals surface area (Å²) in [5.74, 6) is -1.17. The van der Waals surface area contributed by atoms with E-state index in [1.165, 1.54) is 0 Å². The minimum atomic E-state index is -0.766. The summed E-state index contributed by atoms with van der Waals surface area (Å²) in [5.41, 5.74) is 13.2. The molecule has 2 heterocycles. The van der Waals surface area contributed by atoms with Crippen molar-refractivity contribution >= 4 is 34.1 Å². The smallest absolute Gasteiger partial charge is 0.252 e. The third-order valence-electron chi connectivity index (χ3n) is 5.43. The van der Waals surface area contributed by atoms with E-state index < -0.39 is 11.7 Å². The van der Waals surface area contributed by atoms with Gasteiger partial charge in [0, 0.05) is 24.5 Å². The molecule has 152 valence electrons. The van der Waals surface area contributed by atoms with Crippen molar-refractivity contribution in [3.63, 3.8) is 0 Å². The van der Waals surface area contributed by atoms with E-state index >= 15 is 0 Å². The predicted octanol–water partition coefficient (Wildman–Crippen LogP) is 2.63. The topological polar surface area (TPSA) is 124 Å². The Kier molecular flexibility index (Phi) is 5.06. The van der Waals surface area contributed by atoms with E-state index in [0.29, 0.717) is 5.69 Å². The number of primary amides is 1. The van der Waals surface area contributed by atoms with Crippen molar-refractivity contribution in [2.24, 2.45) is 18.5 Å². The summed E-state index contributed by atoms with van der Waals surface area (Å²) >= 11 is 0. The van der Waals surface area contributed by atoms with E-state index in [2.05, 4.69) is 20.7 Å². The number of carbonyl (C=O) groups excluding carboxylic acids is 1. The van der Waals surface area contributed by atoms with Crippen LogP contribution in [0.4, 0.5) is 21.7 Å². The molecule has 6 N–H and O–H groups in total. The van der Waals surface area contributed by atoms with Crippen LogP contribution in [0.5, 0.6) is 0 Å². The Morgan fingerprint density at radius 2 is 2.07 bits per heavy atom. The number of anilines is 3. The molecule has 2 atom stereocenters. The number of aromatic nitrogens is 3. The van der Waals surface area contributed by atoms with Gasteiger partial charge in [-0.1, -0.05) is 18.9 Å². The zero-order chi connectivity index (χ0) is 20.5. The average Bonchev–Trinajstić information content (AvgIpc) is 3.08. The highest BCUT2D eigenvalue weighted by molar-refractivity contribution is 6.00. The Hall–Kier alpha value is -3.20. The Morgan fingerprint density at radius 1 is 1.28 bits per heavy atom. The number of benzene rings is 1. The van der Waals surface area contributed by atoms with Crippen LogP contribution < -0.4 is 22.1 Å². The second-order valence-electron chi connectivity index (χ2n) is 7.41. The third kappa shape index (κ3) is 3.73. The number of amides is 1. The van der Waals surface area contributed by atoms with Gasteiger partial charge in [0.25, 0.3) is 5.91 Å². The molecule has 1 aliphatic rings. The van der Waals surface area contributed by atoms with Gasteiger partial charge in [-0.05, 0) is 31.0 Å². The first-order valence-electron chi connectivity index (χ1n) is 9.64. The highest BCUT2D eigenvalue weighted by atomic mass is 19.1. The molecule has 0 spiro atoms. The zero-order valence-electron chi connectivity index (χ0n) is 16.2. The molecule has 9 heteroatoms. The summed E-state index contributed by atoms with van der Waals surface area (Å²) in [6.45, 7) is 0. The number of fused-ring (bicyclic) bond motifs is 1. The van der Waals surface area contributed by atoms with Crippen molar-refractivity contribution in [1.82, 2.24) is 14.8 Å². The molecule has 1 fully saturated rings. The Balaban J connectivity index is 1.71. The second kappa shape index (κ2) is 7.67. The van der Waals surface area contributed by atoms with Crippen LogP contribution >= 0.6 is 0 Å². The van der Waals surface area contributed by atoms with Crippen LogP contribution in [-0.4, -0.2) is 32.8 Å². The number of hydrogen-bond donors (Lipinski definition) is 4. The second-order valence-corrected chi connectivity index (χ2v) is 7.41. The zero-order valence-corrected chi connectivity index (χ0v) is 16.2. The molecule has 29 heavy (non-hydrogen) atoms. The van der Waals surface area contributed by atoms with Crippen LogP contribution in [0.1, 0.15) is 36.0 Å². The molecule has 0 bridgehead atoms. The molecule has 0 saturated heterocycles. The van der Waals surface area contributed by atoms with Crippen molar-refractivity contribution in [3.05, 3.63) is 41.8 Å². The van der Waals surface area contributed by atoms with E-state index in [1.54, 1.807) is 10.9 Å². The lowest BCUT2D eigenvalue weighted by molar-refractivity contribution is 0.100. The molecule has 2 unspecified atom stereocenters. The standard InChI is InChI=1S/C20H24FN7O/c1-28-17-8-4-7-15(12(17)10-24-28)25-19-11(18(23)29)9-13(21)20(27-19)26-16-6-3-2-5-14(16)22/h4,7-10,14,16H,2-3,5-6,22H2,1H3,(H2,23,29)(H2,25,26,27). The lowest BCUT2D eigenvalue weighted by atomic mass is 9.91. The number of hydrogen-bond acceptors (Lipinski definition) is 6. The van der Waals surface area contributed by atoms with Crippen molar-refractivity contribution < 1.29 is 9.18 Å². The van der Waals surface area contributed by atoms with Crippen molar-refractivity contribution in [2.45, 2.75) is 37.8 Å². The van der Waals surface area contributed by atoms with E-state index in [1.807, 2.05) is 25.2 Å². The highest BCUT2D eigenvalue weighted by Crippen LogP contribution is 2.29. The van der Waals surface area contributed by atoms with Gasteiger partial charge in [0.05, 0.1) is 23.0 Å². The monoisotopic (exact) mass is 397 g/mol. The Bertz CT molecular complexity index is 1060. The van der Waals surface area contributed by atoms with E-state index in [9.17, 15) is 9.18 Å². The first-order chi connectivity index (χ1) is 13.9. The normalized spacial score (nSPS) is 19.3. The fourth-order valence-corrected chi connectivity index (χ4v) is 3.80. The van der Waals surface area contributed by atoms with Crippen LogP contribution in [0.15, 0.2) is 30.5 Å². The highest BCUT2D eigenvalue weighted by Gasteiger charge is 2.24. The summed E-state index contributed by atoms with van der Waals surface area (Å²) in [7, 11) is 1.84. The Labute approximate surface area is 167 Å². The molecular formula is C20H24FN7O. The largest absolute Gasteiger partial charge is 0.365 e. The first kappa shape index (κ1) is 19.1. The van der Waals surface area contributed by atoms with Gasteiger partial charge in [0.2, 0.25) is 0 Å². The summed E-state index contributed by atoms with van der Waals surface area (Å²) < 4.78 is 16.4. The minimum absolute atomic E-state index is 0.0260. The fraction of sp³-hybridized carbons (Fsp3) is 0.350.